The lowest BCUT2D eigenvalue weighted by atomic mass is 10.1. The van der Waals surface area contributed by atoms with Crippen LogP contribution in [0.1, 0.15) is 44.6 Å². The largest absolute Gasteiger partial charge is 0.490 e. The molecule has 1 amide bonds. The van der Waals surface area contributed by atoms with Crippen molar-refractivity contribution in [2.24, 2.45) is 0 Å². The maximum Gasteiger partial charge on any atom is 0.387 e. The fraction of sp³-hybridized carbons (Fsp3) is 0.292. The summed E-state index contributed by atoms with van der Waals surface area (Å²) in [5.74, 6) is -1.03. The third kappa shape index (κ3) is 5.51. The molecule has 10 heteroatoms. The van der Waals surface area contributed by atoms with Crippen molar-refractivity contribution >= 4 is 17.6 Å². The first kappa shape index (κ1) is 24.7. The van der Waals surface area contributed by atoms with Crippen molar-refractivity contribution < 1.29 is 32.6 Å². The number of methoxy groups -OCH3 is 1. The number of nitrogens with one attached hydrogen (secondary N) is 1. The Labute approximate surface area is 195 Å². The minimum absolute atomic E-state index is 0.0407. The molecule has 0 spiro atoms. The topological polar surface area (TPSA) is 91.7 Å². The van der Waals surface area contributed by atoms with E-state index in [1.54, 1.807) is 43.7 Å². The Balaban J connectivity index is 1.85. The number of benzene rings is 2. The molecule has 0 unspecified atom stereocenters. The number of halogens is 2. The Kier molecular flexibility index (Phi) is 7.83. The van der Waals surface area contributed by atoms with E-state index >= 15 is 0 Å². The molecule has 0 aliphatic heterocycles. The van der Waals surface area contributed by atoms with E-state index in [4.69, 9.17) is 9.47 Å². The van der Waals surface area contributed by atoms with Crippen molar-refractivity contribution in [3.63, 3.8) is 0 Å². The van der Waals surface area contributed by atoms with Gasteiger partial charge in [-0.15, -0.1) is 0 Å². The molecule has 0 saturated carbocycles. The second kappa shape index (κ2) is 10.8. The minimum Gasteiger partial charge on any atom is -0.490 e. The lowest BCUT2D eigenvalue weighted by molar-refractivity contribution is -0.0514. The van der Waals surface area contributed by atoms with Crippen molar-refractivity contribution in [1.82, 2.24) is 9.78 Å². The van der Waals surface area contributed by atoms with E-state index < -0.39 is 18.5 Å². The van der Waals surface area contributed by atoms with Crippen LogP contribution in [-0.4, -0.2) is 42.0 Å². The number of rotatable bonds is 9. The Morgan fingerprint density at radius 3 is 2.53 bits per heavy atom. The predicted molar refractivity (Wildman–Crippen MR) is 121 cm³/mol. The van der Waals surface area contributed by atoms with Gasteiger partial charge in [-0.2, -0.15) is 13.9 Å². The van der Waals surface area contributed by atoms with Crippen LogP contribution < -0.4 is 14.8 Å². The Morgan fingerprint density at radius 1 is 1.12 bits per heavy atom. The minimum atomic E-state index is -3.01. The van der Waals surface area contributed by atoms with E-state index in [-0.39, 0.29) is 23.7 Å². The number of nitrogens with zero attached hydrogens (tertiary/aromatic N) is 2. The monoisotopic (exact) mass is 473 g/mol. The van der Waals surface area contributed by atoms with Gasteiger partial charge in [0.05, 0.1) is 42.9 Å². The van der Waals surface area contributed by atoms with Gasteiger partial charge in [0.2, 0.25) is 0 Å². The van der Waals surface area contributed by atoms with Crippen LogP contribution >= 0.6 is 0 Å². The molecule has 0 bridgehead atoms. The van der Waals surface area contributed by atoms with Crippen LogP contribution in [0.5, 0.6) is 11.5 Å². The predicted octanol–water partition coefficient (Wildman–Crippen LogP) is 4.59. The molecule has 0 atom stereocenters. The SMILES string of the molecule is CCOc1cc(C(=O)Nc2c(C)nn(Cc3ccccc3C(=O)OC)c2C)ccc1OC(F)F. The van der Waals surface area contributed by atoms with Crippen LogP contribution in [-0.2, 0) is 11.3 Å². The second-order valence-electron chi connectivity index (χ2n) is 7.28. The zero-order chi connectivity index (χ0) is 24.8. The van der Waals surface area contributed by atoms with Crippen LogP contribution in [0.3, 0.4) is 0 Å². The zero-order valence-electron chi connectivity index (χ0n) is 19.2. The molecule has 3 aromatic rings. The summed E-state index contributed by atoms with van der Waals surface area (Å²) >= 11 is 0. The van der Waals surface area contributed by atoms with E-state index in [0.29, 0.717) is 34.7 Å². The molecule has 0 aliphatic carbocycles. The first-order chi connectivity index (χ1) is 16.2. The highest BCUT2D eigenvalue weighted by atomic mass is 19.3. The van der Waals surface area contributed by atoms with Gasteiger partial charge in [0.25, 0.3) is 5.91 Å². The summed E-state index contributed by atoms with van der Waals surface area (Å²) in [6, 6.07) is 11.0. The van der Waals surface area contributed by atoms with Gasteiger partial charge in [-0.25, -0.2) is 4.79 Å². The van der Waals surface area contributed by atoms with Gasteiger partial charge in [0.15, 0.2) is 11.5 Å². The maximum atomic E-state index is 12.9. The highest BCUT2D eigenvalue weighted by Gasteiger charge is 2.19. The molecule has 3 rings (SSSR count). The van der Waals surface area contributed by atoms with E-state index in [0.717, 1.165) is 0 Å². The quantitative estimate of drug-likeness (QED) is 0.457. The number of anilines is 1. The van der Waals surface area contributed by atoms with Crippen LogP contribution in [0.2, 0.25) is 0 Å². The summed E-state index contributed by atoms with van der Waals surface area (Å²) in [6.45, 7) is 2.72. The van der Waals surface area contributed by atoms with E-state index in [1.807, 2.05) is 6.07 Å². The fourth-order valence-corrected chi connectivity index (χ4v) is 3.46. The summed E-state index contributed by atoms with van der Waals surface area (Å²) in [5, 5.41) is 7.31. The smallest absolute Gasteiger partial charge is 0.387 e. The molecule has 34 heavy (non-hydrogen) atoms. The van der Waals surface area contributed by atoms with Crippen molar-refractivity contribution in [3.8, 4) is 11.5 Å². The number of esters is 1. The van der Waals surface area contributed by atoms with E-state index in [9.17, 15) is 18.4 Å². The lowest BCUT2D eigenvalue weighted by Gasteiger charge is -2.13. The standard InChI is InChI=1S/C24H25F2N3O5/c1-5-33-20-12-16(10-11-19(20)34-24(25)26)22(30)27-21-14(2)28-29(15(21)3)13-17-8-6-7-9-18(17)23(31)32-4/h6-12,24H,5,13H2,1-4H3,(H,27,30). The number of carbonyl (C=O) groups is 2. The van der Waals surface area contributed by atoms with Gasteiger partial charge < -0.3 is 19.5 Å². The van der Waals surface area contributed by atoms with Crippen molar-refractivity contribution in [2.75, 3.05) is 19.0 Å². The molecule has 1 heterocycles. The summed E-state index contributed by atoms with van der Waals surface area (Å²) in [6.07, 6.45) is 0. The summed E-state index contributed by atoms with van der Waals surface area (Å²) in [7, 11) is 1.32. The molecule has 1 aromatic heterocycles. The number of amides is 1. The summed E-state index contributed by atoms with van der Waals surface area (Å²) < 4.78 is 41.6. The zero-order valence-corrected chi connectivity index (χ0v) is 19.2. The highest BCUT2D eigenvalue weighted by Crippen LogP contribution is 2.31. The number of carbonyl (C=O) groups excluding carboxylic acids is 2. The van der Waals surface area contributed by atoms with Crippen LogP contribution in [0.15, 0.2) is 42.5 Å². The molecule has 2 aromatic carbocycles. The summed E-state index contributed by atoms with van der Waals surface area (Å²) in [4.78, 5) is 25.0. The van der Waals surface area contributed by atoms with E-state index in [1.165, 1.54) is 25.3 Å². The molecule has 0 radical (unpaired) electrons. The fourth-order valence-electron chi connectivity index (χ4n) is 3.46. The molecule has 0 aliphatic rings. The highest BCUT2D eigenvalue weighted by molar-refractivity contribution is 6.05. The van der Waals surface area contributed by atoms with Crippen molar-refractivity contribution in [3.05, 3.63) is 70.5 Å². The van der Waals surface area contributed by atoms with Gasteiger partial charge in [0, 0.05) is 5.56 Å². The number of hydrogen-bond acceptors (Lipinski definition) is 6. The average Bonchev–Trinajstić information content (AvgIpc) is 3.07. The third-order valence-electron chi connectivity index (χ3n) is 5.08. The van der Waals surface area contributed by atoms with Crippen molar-refractivity contribution in [1.29, 1.82) is 0 Å². The van der Waals surface area contributed by atoms with Crippen LogP contribution in [0, 0.1) is 13.8 Å². The number of aromatic nitrogens is 2. The Hall–Kier alpha value is -3.95. The molecular formula is C24H25F2N3O5. The number of aryl methyl sites for hydroxylation is 1. The van der Waals surface area contributed by atoms with E-state index in [2.05, 4.69) is 15.2 Å². The summed E-state index contributed by atoms with van der Waals surface area (Å²) in [5.41, 5.74) is 3.10. The molecule has 180 valence electrons. The van der Waals surface area contributed by atoms with Crippen LogP contribution in [0.4, 0.5) is 14.5 Å². The number of hydrogen-bond donors (Lipinski definition) is 1. The first-order valence-electron chi connectivity index (χ1n) is 10.5. The molecule has 0 saturated heterocycles. The van der Waals surface area contributed by atoms with Gasteiger partial charge in [-0.1, -0.05) is 18.2 Å². The van der Waals surface area contributed by atoms with Crippen molar-refractivity contribution in [2.45, 2.75) is 33.9 Å². The second-order valence-corrected chi connectivity index (χ2v) is 7.28. The number of ether oxygens (including phenoxy) is 3. The number of alkyl halides is 2. The molecule has 0 fully saturated rings. The lowest BCUT2D eigenvalue weighted by Crippen LogP contribution is -2.14. The Bertz CT molecular complexity index is 1190. The molecule has 8 nitrogen and oxygen atoms in total. The van der Waals surface area contributed by atoms with Gasteiger partial charge >= 0.3 is 12.6 Å². The van der Waals surface area contributed by atoms with Gasteiger partial charge in [-0.3, -0.25) is 9.48 Å². The average molecular weight is 473 g/mol. The molecule has 1 N–H and O–H groups in total. The third-order valence-corrected chi connectivity index (χ3v) is 5.08. The maximum absolute atomic E-state index is 12.9. The van der Waals surface area contributed by atoms with Gasteiger partial charge in [-0.05, 0) is 50.6 Å². The first-order valence-corrected chi connectivity index (χ1v) is 10.5. The van der Waals surface area contributed by atoms with Crippen LogP contribution in [0.25, 0.3) is 0 Å². The molecular weight excluding hydrogens is 448 g/mol. The van der Waals surface area contributed by atoms with Gasteiger partial charge in [0.1, 0.15) is 0 Å². The normalized spacial score (nSPS) is 10.8. The Morgan fingerprint density at radius 2 is 1.85 bits per heavy atom.